The van der Waals surface area contributed by atoms with Crippen LogP contribution in [-0.2, 0) is 9.53 Å². The lowest BCUT2D eigenvalue weighted by Crippen LogP contribution is -2.50. The zero-order chi connectivity index (χ0) is 9.90. The predicted octanol–water partition coefficient (Wildman–Crippen LogP) is -0.0416. The van der Waals surface area contributed by atoms with Gasteiger partial charge < -0.3 is 4.74 Å². The van der Waals surface area contributed by atoms with Gasteiger partial charge >= 0.3 is 6.18 Å². The first kappa shape index (κ1) is 10.3. The van der Waals surface area contributed by atoms with Gasteiger partial charge in [0.15, 0.2) is 0 Å². The van der Waals surface area contributed by atoms with E-state index in [1.54, 1.807) is 0 Å². The molecule has 13 heavy (non-hydrogen) atoms. The van der Waals surface area contributed by atoms with Gasteiger partial charge in [0.2, 0.25) is 5.91 Å². The van der Waals surface area contributed by atoms with Crippen molar-refractivity contribution in [2.45, 2.75) is 18.7 Å². The Kier molecular flexibility index (Phi) is 3.10. The van der Waals surface area contributed by atoms with E-state index in [2.05, 4.69) is 15.6 Å². The molecule has 2 N–H and O–H groups in total. The van der Waals surface area contributed by atoms with Crippen LogP contribution in [0.3, 0.4) is 0 Å². The van der Waals surface area contributed by atoms with Crippen LogP contribution in [0.2, 0.25) is 0 Å². The van der Waals surface area contributed by atoms with Crippen molar-refractivity contribution in [1.29, 1.82) is 0 Å². The molecule has 7 heteroatoms. The minimum Gasteiger partial charge on any atom is -0.367 e. The van der Waals surface area contributed by atoms with Crippen LogP contribution < -0.4 is 10.9 Å². The van der Waals surface area contributed by atoms with Crippen molar-refractivity contribution in [3.63, 3.8) is 0 Å². The molecule has 0 aromatic carbocycles. The third-order valence-corrected chi connectivity index (χ3v) is 1.45. The Hall–Kier alpha value is -0.820. The van der Waals surface area contributed by atoms with Crippen molar-refractivity contribution in [2.75, 3.05) is 13.2 Å². The molecule has 76 valence electrons. The molecule has 0 aromatic heterocycles. The van der Waals surface area contributed by atoms with Gasteiger partial charge in [-0.1, -0.05) is 0 Å². The second kappa shape index (κ2) is 3.93. The van der Waals surface area contributed by atoms with E-state index >= 15 is 0 Å². The number of alkyl halides is 3. The summed E-state index contributed by atoms with van der Waals surface area (Å²) in [5.41, 5.74) is 4.69. The van der Waals surface area contributed by atoms with Gasteiger partial charge in [0, 0.05) is 6.54 Å². The monoisotopic (exact) mass is 198 g/mol. The summed E-state index contributed by atoms with van der Waals surface area (Å²) >= 11 is 0. The minimum absolute atomic E-state index is 0.0386. The van der Waals surface area contributed by atoms with Gasteiger partial charge in [0.05, 0.1) is 12.5 Å². The van der Waals surface area contributed by atoms with Gasteiger partial charge in [-0.2, -0.15) is 13.2 Å². The van der Waals surface area contributed by atoms with E-state index in [1.807, 2.05) is 0 Å². The van der Waals surface area contributed by atoms with E-state index < -0.39 is 18.9 Å². The highest BCUT2D eigenvalue weighted by molar-refractivity contribution is 5.76. The summed E-state index contributed by atoms with van der Waals surface area (Å²) in [5.74, 6) is -0.363. The summed E-state index contributed by atoms with van der Waals surface area (Å²) in [5, 5.41) is 0. The average Bonchev–Trinajstić information content (AvgIpc) is 2.00. The molecule has 1 amide bonds. The van der Waals surface area contributed by atoms with E-state index in [9.17, 15) is 18.0 Å². The zero-order valence-electron chi connectivity index (χ0n) is 6.65. The van der Waals surface area contributed by atoms with Gasteiger partial charge in [-0.15, -0.1) is 0 Å². The van der Waals surface area contributed by atoms with Crippen LogP contribution in [0.15, 0.2) is 0 Å². The number of hydrazine groups is 1. The molecule has 0 aromatic rings. The molecule has 1 aliphatic rings. The predicted molar refractivity (Wildman–Crippen MR) is 36.6 cm³/mol. The Balaban J connectivity index is 2.25. The van der Waals surface area contributed by atoms with Gasteiger partial charge in [-0.3, -0.25) is 10.2 Å². The highest BCUT2D eigenvalue weighted by atomic mass is 19.4. The second-order valence-corrected chi connectivity index (χ2v) is 2.68. The molecule has 0 bridgehead atoms. The molecule has 1 unspecified atom stereocenters. The van der Waals surface area contributed by atoms with Crippen LogP contribution in [0.25, 0.3) is 0 Å². The Labute approximate surface area is 72.4 Å². The Morgan fingerprint density at radius 3 is 2.77 bits per heavy atom. The zero-order valence-corrected chi connectivity index (χ0v) is 6.65. The number of rotatable bonds is 2. The SMILES string of the molecule is O=C1CC(OCC(F)(F)F)CNN1. The molecule has 1 aliphatic heterocycles. The molecule has 1 saturated heterocycles. The van der Waals surface area contributed by atoms with Crippen molar-refractivity contribution < 1.29 is 22.7 Å². The average molecular weight is 198 g/mol. The quantitative estimate of drug-likeness (QED) is 0.654. The van der Waals surface area contributed by atoms with E-state index in [-0.39, 0.29) is 18.9 Å². The maximum Gasteiger partial charge on any atom is 0.411 e. The number of carbonyl (C=O) groups excluding carboxylic acids is 1. The molecule has 4 nitrogen and oxygen atoms in total. The smallest absolute Gasteiger partial charge is 0.367 e. The highest BCUT2D eigenvalue weighted by Crippen LogP contribution is 2.16. The van der Waals surface area contributed by atoms with Gasteiger partial charge in [-0.05, 0) is 0 Å². The first-order chi connectivity index (χ1) is 5.97. The minimum atomic E-state index is -4.34. The van der Waals surface area contributed by atoms with Gasteiger partial charge in [-0.25, -0.2) is 5.43 Å². The summed E-state index contributed by atoms with van der Waals surface area (Å²) in [7, 11) is 0. The maximum absolute atomic E-state index is 11.7. The van der Waals surface area contributed by atoms with Crippen LogP contribution in [0.1, 0.15) is 6.42 Å². The van der Waals surface area contributed by atoms with E-state index in [0.29, 0.717) is 0 Å². The van der Waals surface area contributed by atoms with E-state index in [1.165, 1.54) is 0 Å². The summed E-state index contributed by atoms with van der Waals surface area (Å²) in [6, 6.07) is 0. The molecule has 1 rings (SSSR count). The van der Waals surface area contributed by atoms with Crippen molar-refractivity contribution in [3.8, 4) is 0 Å². The van der Waals surface area contributed by atoms with Crippen LogP contribution >= 0.6 is 0 Å². The van der Waals surface area contributed by atoms with E-state index in [4.69, 9.17) is 0 Å². The van der Waals surface area contributed by atoms with Crippen molar-refractivity contribution in [1.82, 2.24) is 10.9 Å². The number of carbonyl (C=O) groups is 1. The Morgan fingerprint density at radius 1 is 1.54 bits per heavy atom. The molecule has 1 heterocycles. The summed E-state index contributed by atoms with van der Waals surface area (Å²) in [6.45, 7) is -1.12. The fourth-order valence-corrected chi connectivity index (χ4v) is 0.924. The third kappa shape index (κ3) is 4.09. The third-order valence-electron chi connectivity index (χ3n) is 1.45. The molecule has 0 aliphatic carbocycles. The van der Waals surface area contributed by atoms with Crippen LogP contribution in [0.4, 0.5) is 13.2 Å². The molecule has 1 atom stereocenters. The first-order valence-corrected chi connectivity index (χ1v) is 3.67. The van der Waals surface area contributed by atoms with Crippen molar-refractivity contribution in [3.05, 3.63) is 0 Å². The molecular weight excluding hydrogens is 189 g/mol. The Morgan fingerprint density at radius 2 is 2.23 bits per heavy atom. The molecule has 1 fully saturated rings. The number of amides is 1. The highest BCUT2D eigenvalue weighted by Gasteiger charge is 2.30. The largest absolute Gasteiger partial charge is 0.411 e. The lowest BCUT2D eigenvalue weighted by atomic mass is 10.2. The topological polar surface area (TPSA) is 50.4 Å². The molecule has 0 spiro atoms. The van der Waals surface area contributed by atoms with Crippen molar-refractivity contribution >= 4 is 5.91 Å². The summed E-state index contributed by atoms with van der Waals surface area (Å²) < 4.78 is 39.5. The molecule has 0 radical (unpaired) electrons. The van der Waals surface area contributed by atoms with Gasteiger partial charge in [0.1, 0.15) is 6.61 Å². The normalized spacial score (nSPS) is 24.2. The molecule has 0 saturated carbocycles. The van der Waals surface area contributed by atoms with Crippen LogP contribution in [0, 0.1) is 0 Å². The van der Waals surface area contributed by atoms with Crippen molar-refractivity contribution in [2.24, 2.45) is 0 Å². The van der Waals surface area contributed by atoms with E-state index in [0.717, 1.165) is 0 Å². The number of ether oxygens (including phenoxy) is 1. The lowest BCUT2D eigenvalue weighted by Gasteiger charge is -2.23. The first-order valence-electron chi connectivity index (χ1n) is 3.67. The fourth-order valence-electron chi connectivity index (χ4n) is 0.924. The maximum atomic E-state index is 11.7. The second-order valence-electron chi connectivity index (χ2n) is 2.68. The fraction of sp³-hybridized carbons (Fsp3) is 0.833. The lowest BCUT2D eigenvalue weighted by molar-refractivity contribution is -0.187. The summed E-state index contributed by atoms with van der Waals surface area (Å²) in [6.07, 6.45) is -5.08. The van der Waals surface area contributed by atoms with Gasteiger partial charge in [0.25, 0.3) is 0 Å². The Bertz CT molecular complexity index is 195. The standard InChI is InChI=1S/C6H9F3N2O2/c7-6(8,9)3-13-4-1-5(12)11-10-2-4/h4,10H,1-3H2,(H,11,12). The molecular formula is C6H9F3N2O2. The number of nitrogens with one attached hydrogen (secondary N) is 2. The van der Waals surface area contributed by atoms with Crippen LogP contribution in [-0.4, -0.2) is 31.3 Å². The number of halogens is 3. The summed E-state index contributed by atoms with van der Waals surface area (Å²) in [4.78, 5) is 10.7. The number of hydrogen-bond acceptors (Lipinski definition) is 3. The van der Waals surface area contributed by atoms with Crippen LogP contribution in [0.5, 0.6) is 0 Å². The number of hydrogen-bond donors (Lipinski definition) is 2.